The molecule has 0 unspecified atom stereocenters. The number of benzene rings is 8. The zero-order valence-electron chi connectivity index (χ0n) is 27.9. The number of aromatic nitrogens is 4. The van der Waals surface area contributed by atoms with Gasteiger partial charge in [0.05, 0.1) is 16.7 Å². The Morgan fingerprint density at radius 3 is 1.81 bits per heavy atom. The molecule has 3 heterocycles. The lowest BCUT2D eigenvalue weighted by molar-refractivity contribution is 1.07. The van der Waals surface area contributed by atoms with Crippen molar-refractivity contribution in [2.45, 2.75) is 0 Å². The van der Waals surface area contributed by atoms with Crippen LogP contribution in [0.2, 0.25) is 0 Å². The highest BCUT2D eigenvalue weighted by Gasteiger charge is 2.20. The minimum Gasteiger partial charge on any atom is -0.308 e. The molecule has 52 heavy (non-hydrogen) atoms. The minimum atomic E-state index is 0.630. The molecule has 0 radical (unpaired) electrons. The molecule has 3 aromatic heterocycles. The van der Waals surface area contributed by atoms with Crippen LogP contribution in [0.15, 0.2) is 170 Å². The molecule has 0 saturated heterocycles. The van der Waals surface area contributed by atoms with Gasteiger partial charge >= 0.3 is 0 Å². The second-order valence-electron chi connectivity index (χ2n) is 13.3. The highest BCUT2D eigenvalue weighted by Crippen LogP contribution is 2.39. The van der Waals surface area contributed by atoms with Crippen LogP contribution in [0.25, 0.3) is 103 Å². The summed E-state index contributed by atoms with van der Waals surface area (Å²) in [6, 6.07) is 60.4. The van der Waals surface area contributed by atoms with Gasteiger partial charge in [-0.2, -0.15) is 0 Å². The predicted octanol–water partition coefficient (Wildman–Crippen LogP) is 12.6. The van der Waals surface area contributed by atoms with E-state index in [0.717, 1.165) is 38.8 Å². The van der Waals surface area contributed by atoms with Gasteiger partial charge in [0.25, 0.3) is 0 Å². The number of hydrogen-bond acceptors (Lipinski definition) is 4. The van der Waals surface area contributed by atoms with E-state index in [-0.39, 0.29) is 0 Å². The average Bonchev–Trinajstić information content (AvgIpc) is 3.74. The molecule has 0 amide bonds. The zero-order valence-corrected chi connectivity index (χ0v) is 28.7. The molecule has 0 bridgehead atoms. The van der Waals surface area contributed by atoms with Gasteiger partial charge in [0, 0.05) is 47.6 Å². The number of fused-ring (bicyclic) bond motifs is 8. The molecule has 0 saturated carbocycles. The smallest absolute Gasteiger partial charge is 0.166 e. The Labute approximate surface area is 302 Å². The van der Waals surface area contributed by atoms with Crippen LogP contribution in [0.5, 0.6) is 0 Å². The number of rotatable bonds is 4. The molecule has 11 aromatic rings. The summed E-state index contributed by atoms with van der Waals surface area (Å²) < 4.78 is 4.89. The van der Waals surface area contributed by atoms with Crippen LogP contribution < -0.4 is 0 Å². The molecule has 242 valence electrons. The summed E-state index contributed by atoms with van der Waals surface area (Å²) in [5.41, 5.74) is 6.15. The molecule has 0 fully saturated rings. The highest BCUT2D eigenvalue weighted by molar-refractivity contribution is 7.25. The van der Waals surface area contributed by atoms with Gasteiger partial charge in [-0.05, 0) is 82.2 Å². The van der Waals surface area contributed by atoms with E-state index in [9.17, 15) is 0 Å². The van der Waals surface area contributed by atoms with Gasteiger partial charge in [-0.25, -0.2) is 15.0 Å². The summed E-state index contributed by atoms with van der Waals surface area (Å²) in [6.45, 7) is 0. The number of hydrogen-bond donors (Lipinski definition) is 0. The molecule has 0 aliphatic rings. The highest BCUT2D eigenvalue weighted by atomic mass is 32.1. The van der Waals surface area contributed by atoms with Gasteiger partial charge in [0.15, 0.2) is 17.5 Å². The first-order chi connectivity index (χ1) is 25.7. The Morgan fingerprint density at radius 1 is 0.365 bits per heavy atom. The van der Waals surface area contributed by atoms with Crippen molar-refractivity contribution in [1.82, 2.24) is 19.5 Å². The minimum absolute atomic E-state index is 0.630. The third-order valence-electron chi connectivity index (χ3n) is 10.2. The van der Waals surface area contributed by atoms with Gasteiger partial charge in [-0.15, -0.1) is 11.3 Å². The Kier molecular flexibility index (Phi) is 6.39. The fourth-order valence-electron chi connectivity index (χ4n) is 7.72. The van der Waals surface area contributed by atoms with Crippen molar-refractivity contribution in [1.29, 1.82) is 0 Å². The van der Waals surface area contributed by atoms with E-state index in [2.05, 4.69) is 174 Å². The lowest BCUT2D eigenvalue weighted by Crippen LogP contribution is -2.03. The maximum atomic E-state index is 5.28. The van der Waals surface area contributed by atoms with Crippen molar-refractivity contribution in [2.24, 2.45) is 0 Å². The van der Waals surface area contributed by atoms with E-state index < -0.39 is 0 Å². The van der Waals surface area contributed by atoms with Gasteiger partial charge in [0.2, 0.25) is 0 Å². The second-order valence-corrected chi connectivity index (χ2v) is 14.3. The molecule has 0 spiro atoms. The summed E-state index contributed by atoms with van der Waals surface area (Å²) >= 11 is 1.81. The summed E-state index contributed by atoms with van der Waals surface area (Å²) in [5, 5.41) is 9.64. The van der Waals surface area contributed by atoms with Gasteiger partial charge < -0.3 is 4.57 Å². The predicted molar refractivity (Wildman–Crippen MR) is 218 cm³/mol. The molecule has 0 N–H and O–H groups in total. The lowest BCUT2D eigenvalue weighted by atomic mass is 10.1. The fourth-order valence-corrected chi connectivity index (χ4v) is 8.81. The van der Waals surface area contributed by atoms with Crippen molar-refractivity contribution >= 4 is 74.9 Å². The molecular formula is C47H28N4S. The Balaban J connectivity index is 1.18. The Morgan fingerprint density at radius 2 is 0.962 bits per heavy atom. The van der Waals surface area contributed by atoms with Crippen molar-refractivity contribution in [3.8, 4) is 39.9 Å². The van der Waals surface area contributed by atoms with Crippen LogP contribution in [-0.2, 0) is 0 Å². The van der Waals surface area contributed by atoms with E-state index in [1.165, 1.54) is 47.1 Å². The van der Waals surface area contributed by atoms with Crippen molar-refractivity contribution in [2.75, 3.05) is 0 Å². The number of thiophene rings is 1. The largest absolute Gasteiger partial charge is 0.308 e. The van der Waals surface area contributed by atoms with Crippen LogP contribution in [0, 0.1) is 0 Å². The summed E-state index contributed by atoms with van der Waals surface area (Å²) in [5.74, 6) is 1.92. The normalized spacial score (nSPS) is 11.8. The molecule has 4 nitrogen and oxygen atoms in total. The van der Waals surface area contributed by atoms with Crippen LogP contribution >= 0.6 is 11.3 Å². The third-order valence-corrected chi connectivity index (χ3v) is 11.4. The SMILES string of the molecule is c1ccc(-n2c3ccccc3c3cc4ccccc4cc32)c(-c2nc(-c3ccc4ccccc4c3)nc(-c3ccc4sc5ccccc5c4c3)n2)c1. The topological polar surface area (TPSA) is 43.6 Å². The van der Waals surface area contributed by atoms with Crippen molar-refractivity contribution in [3.05, 3.63) is 170 Å². The summed E-state index contributed by atoms with van der Waals surface area (Å²) in [7, 11) is 0. The monoisotopic (exact) mass is 680 g/mol. The van der Waals surface area contributed by atoms with Crippen LogP contribution in [0.1, 0.15) is 0 Å². The van der Waals surface area contributed by atoms with E-state index in [1.807, 2.05) is 11.3 Å². The molecule has 8 aromatic carbocycles. The summed E-state index contributed by atoms with van der Waals surface area (Å²) in [4.78, 5) is 15.7. The van der Waals surface area contributed by atoms with E-state index in [0.29, 0.717) is 17.5 Å². The Hall–Kier alpha value is -6.69. The number of para-hydroxylation sites is 2. The molecular weight excluding hydrogens is 653 g/mol. The van der Waals surface area contributed by atoms with Gasteiger partial charge in [0.1, 0.15) is 0 Å². The first-order valence-electron chi connectivity index (χ1n) is 17.4. The Bertz CT molecular complexity index is 3210. The maximum Gasteiger partial charge on any atom is 0.166 e. The van der Waals surface area contributed by atoms with Crippen LogP contribution in [0.3, 0.4) is 0 Å². The molecule has 0 aliphatic heterocycles. The maximum absolute atomic E-state index is 5.28. The van der Waals surface area contributed by atoms with Crippen LogP contribution in [0.4, 0.5) is 0 Å². The number of nitrogens with zero attached hydrogens (tertiary/aromatic N) is 4. The van der Waals surface area contributed by atoms with E-state index in [1.54, 1.807) is 0 Å². The first-order valence-corrected chi connectivity index (χ1v) is 18.3. The van der Waals surface area contributed by atoms with Crippen molar-refractivity contribution in [3.63, 3.8) is 0 Å². The van der Waals surface area contributed by atoms with Gasteiger partial charge in [-0.1, -0.05) is 109 Å². The standard InChI is InChI=1S/C47H28N4S/c1-2-12-30-25-33(22-21-29(30)11-1)45-48-46(34-23-24-44-39(27-34)36-16-7-10-20-43(36)52-44)50-47(49-45)37-17-6-9-19-41(37)51-40-18-8-5-15-35(40)38-26-31-13-3-4-14-32(31)28-42(38)51/h1-28H. The summed E-state index contributed by atoms with van der Waals surface area (Å²) in [6.07, 6.45) is 0. The first kappa shape index (κ1) is 29.1. The van der Waals surface area contributed by atoms with Crippen molar-refractivity contribution < 1.29 is 0 Å². The molecule has 0 atom stereocenters. The lowest BCUT2D eigenvalue weighted by Gasteiger charge is -2.15. The fraction of sp³-hybridized carbons (Fsp3) is 0. The molecule has 5 heteroatoms. The molecule has 0 aliphatic carbocycles. The zero-order chi connectivity index (χ0) is 34.2. The van der Waals surface area contributed by atoms with Crippen LogP contribution in [-0.4, -0.2) is 19.5 Å². The quantitative estimate of drug-likeness (QED) is 0.186. The van der Waals surface area contributed by atoms with E-state index >= 15 is 0 Å². The molecule has 11 rings (SSSR count). The van der Waals surface area contributed by atoms with E-state index in [4.69, 9.17) is 15.0 Å². The average molecular weight is 681 g/mol. The van der Waals surface area contributed by atoms with Gasteiger partial charge in [-0.3, -0.25) is 0 Å². The second kappa shape index (κ2) is 11.4. The third kappa shape index (κ3) is 4.57.